The number of hydrogen-bond donors (Lipinski definition) is 2. The topological polar surface area (TPSA) is 140 Å². The third kappa shape index (κ3) is 17.6. The zero-order valence-corrected chi connectivity index (χ0v) is 25.5. The van der Waals surface area contributed by atoms with Crippen LogP contribution < -0.4 is 20.9 Å². The predicted molar refractivity (Wildman–Crippen MR) is 169 cm³/mol. The van der Waals surface area contributed by atoms with Gasteiger partial charge in [0.05, 0.1) is 0 Å². The second-order valence-corrected chi connectivity index (χ2v) is 10.6. The van der Waals surface area contributed by atoms with Gasteiger partial charge in [-0.05, 0) is 80.6 Å². The molecule has 0 bridgehead atoms. The molecule has 0 spiro atoms. The van der Waals surface area contributed by atoms with Crippen molar-refractivity contribution in [2.75, 3.05) is 24.7 Å². The molecule has 0 fully saturated rings. The molecule has 4 N–H and O–H groups in total. The average molecular weight is 597 g/mol. The summed E-state index contributed by atoms with van der Waals surface area (Å²) >= 11 is 0. The predicted octanol–water partition coefficient (Wildman–Crippen LogP) is 6.94. The minimum absolute atomic E-state index is 0.221. The molecule has 0 aromatic heterocycles. The van der Waals surface area contributed by atoms with E-state index in [1.165, 1.54) is 0 Å². The molecule has 9 nitrogen and oxygen atoms in total. The van der Waals surface area contributed by atoms with Crippen molar-refractivity contribution in [2.45, 2.75) is 96.5 Å². The first-order valence-electron chi connectivity index (χ1n) is 15.4. The van der Waals surface area contributed by atoms with E-state index in [2.05, 4.69) is 19.1 Å². The maximum absolute atomic E-state index is 12.4. The van der Waals surface area contributed by atoms with Gasteiger partial charge < -0.3 is 30.4 Å². The van der Waals surface area contributed by atoms with Gasteiger partial charge in [-0.15, -0.1) is 0 Å². The number of nitrogen functional groups attached to an aromatic ring is 2. The van der Waals surface area contributed by atoms with Crippen LogP contribution in [0.15, 0.2) is 60.7 Å². The standard InChI is InChI=1S/C34H48N2O7/c1-2-3-4-11-14-29(42-33(38)25-40-26-34(39)43-31-23-19-28(36)20-24-31)15-12-9-7-5-6-8-10-13-16-32(37)41-30-21-17-27(35)18-22-30/h9,12,17-24,29H,2-8,10-11,13-16,25-26,35-36H2,1H3/t29-/m1/s1. The molecule has 2 aromatic carbocycles. The van der Waals surface area contributed by atoms with Crippen molar-refractivity contribution >= 4 is 29.3 Å². The van der Waals surface area contributed by atoms with Gasteiger partial charge in [-0.2, -0.15) is 0 Å². The van der Waals surface area contributed by atoms with E-state index in [0.29, 0.717) is 35.7 Å². The van der Waals surface area contributed by atoms with Crippen molar-refractivity contribution in [2.24, 2.45) is 0 Å². The van der Waals surface area contributed by atoms with Gasteiger partial charge >= 0.3 is 17.9 Å². The van der Waals surface area contributed by atoms with E-state index in [4.69, 9.17) is 30.4 Å². The molecule has 43 heavy (non-hydrogen) atoms. The normalized spacial score (nSPS) is 11.7. The first-order chi connectivity index (χ1) is 20.9. The molecule has 0 aliphatic heterocycles. The Bertz CT molecular complexity index is 1100. The van der Waals surface area contributed by atoms with Gasteiger partial charge in [-0.1, -0.05) is 57.6 Å². The summed E-state index contributed by atoms with van der Waals surface area (Å²) in [6.45, 7) is 1.49. The molecular weight excluding hydrogens is 548 g/mol. The monoisotopic (exact) mass is 596 g/mol. The van der Waals surface area contributed by atoms with Crippen molar-refractivity contribution in [3.8, 4) is 11.5 Å². The van der Waals surface area contributed by atoms with Crippen molar-refractivity contribution < 1.29 is 33.3 Å². The number of benzene rings is 2. The summed E-state index contributed by atoms with van der Waals surface area (Å²) in [5, 5.41) is 0. The Morgan fingerprint density at radius 2 is 1.23 bits per heavy atom. The van der Waals surface area contributed by atoms with Crippen LogP contribution in [0.5, 0.6) is 11.5 Å². The average Bonchev–Trinajstić information content (AvgIpc) is 2.98. The van der Waals surface area contributed by atoms with Gasteiger partial charge in [0.1, 0.15) is 30.8 Å². The number of unbranched alkanes of at least 4 members (excludes halogenated alkanes) is 8. The van der Waals surface area contributed by atoms with Crippen LogP contribution in [0, 0.1) is 0 Å². The highest BCUT2D eigenvalue weighted by molar-refractivity contribution is 5.75. The van der Waals surface area contributed by atoms with E-state index < -0.39 is 11.9 Å². The van der Waals surface area contributed by atoms with E-state index in [9.17, 15) is 14.4 Å². The Morgan fingerprint density at radius 3 is 1.88 bits per heavy atom. The van der Waals surface area contributed by atoms with Crippen LogP contribution in [-0.2, 0) is 23.9 Å². The summed E-state index contributed by atoms with van der Waals surface area (Å²) in [7, 11) is 0. The maximum atomic E-state index is 12.4. The molecule has 236 valence electrons. The number of hydrogen-bond acceptors (Lipinski definition) is 9. The Kier molecular flexibility index (Phi) is 17.9. The second-order valence-electron chi connectivity index (χ2n) is 10.6. The lowest BCUT2D eigenvalue weighted by Crippen LogP contribution is -2.24. The number of rotatable bonds is 22. The van der Waals surface area contributed by atoms with Gasteiger partial charge in [-0.3, -0.25) is 4.79 Å². The summed E-state index contributed by atoms with van der Waals surface area (Å²) in [5.41, 5.74) is 12.5. The number of nitrogens with two attached hydrogens (primary N) is 2. The van der Waals surface area contributed by atoms with Crippen molar-refractivity contribution in [1.82, 2.24) is 0 Å². The summed E-state index contributed by atoms with van der Waals surface area (Å²) < 4.78 is 21.3. The second kappa shape index (κ2) is 21.8. The molecule has 0 saturated heterocycles. The quantitative estimate of drug-likeness (QED) is 0.0486. The van der Waals surface area contributed by atoms with Crippen molar-refractivity contribution in [3.63, 3.8) is 0 Å². The highest BCUT2D eigenvalue weighted by atomic mass is 16.6. The van der Waals surface area contributed by atoms with Crippen molar-refractivity contribution in [1.29, 1.82) is 0 Å². The molecule has 0 heterocycles. The molecule has 0 saturated carbocycles. The molecular formula is C34H48N2O7. The van der Waals surface area contributed by atoms with Crippen LogP contribution in [0.25, 0.3) is 0 Å². The zero-order valence-electron chi connectivity index (χ0n) is 25.5. The molecule has 0 aliphatic rings. The van der Waals surface area contributed by atoms with E-state index in [1.54, 1.807) is 48.5 Å². The minimum Gasteiger partial charge on any atom is -0.460 e. The summed E-state index contributed by atoms with van der Waals surface area (Å²) in [5.74, 6) is -0.441. The van der Waals surface area contributed by atoms with Gasteiger partial charge in [0.2, 0.25) is 0 Å². The van der Waals surface area contributed by atoms with Crippen LogP contribution in [0.2, 0.25) is 0 Å². The first kappa shape index (κ1) is 35.3. The van der Waals surface area contributed by atoms with Crippen LogP contribution in [0.1, 0.15) is 90.4 Å². The zero-order chi connectivity index (χ0) is 31.1. The lowest BCUT2D eigenvalue weighted by Gasteiger charge is -2.16. The van der Waals surface area contributed by atoms with E-state index in [0.717, 1.165) is 70.6 Å². The molecule has 0 unspecified atom stereocenters. The van der Waals surface area contributed by atoms with E-state index in [-0.39, 0.29) is 25.3 Å². The molecule has 2 rings (SSSR count). The van der Waals surface area contributed by atoms with Crippen molar-refractivity contribution in [3.05, 3.63) is 60.7 Å². The van der Waals surface area contributed by atoms with E-state index in [1.807, 2.05) is 0 Å². The van der Waals surface area contributed by atoms with Gasteiger partial charge in [0.15, 0.2) is 0 Å². The molecule has 9 heteroatoms. The number of allylic oxidation sites excluding steroid dienone is 1. The smallest absolute Gasteiger partial charge is 0.337 e. The number of ether oxygens (including phenoxy) is 4. The maximum Gasteiger partial charge on any atom is 0.337 e. The largest absolute Gasteiger partial charge is 0.460 e. The fourth-order valence-electron chi connectivity index (χ4n) is 4.30. The minimum atomic E-state index is -0.603. The number of carbonyl (C=O) groups is 3. The molecule has 1 atom stereocenters. The molecule has 0 aliphatic carbocycles. The summed E-state index contributed by atoms with van der Waals surface area (Å²) in [6.07, 6.45) is 16.2. The molecule has 0 amide bonds. The lowest BCUT2D eigenvalue weighted by atomic mass is 10.1. The molecule has 2 aromatic rings. The fourth-order valence-corrected chi connectivity index (χ4v) is 4.30. The number of esters is 3. The third-order valence-electron chi connectivity index (χ3n) is 6.66. The third-order valence-corrected chi connectivity index (χ3v) is 6.66. The Morgan fingerprint density at radius 1 is 0.674 bits per heavy atom. The van der Waals surface area contributed by atoms with E-state index >= 15 is 0 Å². The SMILES string of the molecule is CCCCCC[C@H](CC=CCCCCCCCC(=O)Oc1ccc(N)cc1)OC(=O)COCC(=O)Oc1ccc(N)cc1. The first-order valence-corrected chi connectivity index (χ1v) is 15.4. The summed E-state index contributed by atoms with van der Waals surface area (Å²) in [4.78, 5) is 36.2. The number of carbonyl (C=O) groups excluding carboxylic acids is 3. The highest BCUT2D eigenvalue weighted by Gasteiger charge is 2.15. The molecule has 0 radical (unpaired) electrons. The summed E-state index contributed by atoms with van der Waals surface area (Å²) in [6, 6.07) is 13.2. The van der Waals surface area contributed by atoms with Gasteiger partial charge in [-0.25, -0.2) is 9.59 Å². The van der Waals surface area contributed by atoms with Crippen LogP contribution in [-0.4, -0.2) is 37.2 Å². The van der Waals surface area contributed by atoms with Crippen LogP contribution in [0.4, 0.5) is 11.4 Å². The number of anilines is 2. The van der Waals surface area contributed by atoms with Crippen LogP contribution >= 0.6 is 0 Å². The van der Waals surface area contributed by atoms with Gasteiger partial charge in [0.25, 0.3) is 0 Å². The Balaban J connectivity index is 1.58. The van der Waals surface area contributed by atoms with Gasteiger partial charge in [0, 0.05) is 24.2 Å². The highest BCUT2D eigenvalue weighted by Crippen LogP contribution is 2.16. The Hall–Kier alpha value is -3.85. The lowest BCUT2D eigenvalue weighted by molar-refractivity contribution is -0.156. The Labute approximate surface area is 255 Å². The fraction of sp³-hybridized carbons (Fsp3) is 0.500. The van der Waals surface area contributed by atoms with Crippen LogP contribution in [0.3, 0.4) is 0 Å².